The summed E-state index contributed by atoms with van der Waals surface area (Å²) in [6.45, 7) is 19.2. The van der Waals surface area contributed by atoms with Crippen LogP contribution >= 0.6 is 0 Å². The van der Waals surface area contributed by atoms with E-state index in [1.165, 1.54) is 0 Å². The molecule has 3 atom stereocenters. The summed E-state index contributed by atoms with van der Waals surface area (Å²) in [6.07, 6.45) is 1.84. The second-order valence-corrected chi connectivity index (χ2v) is 12.9. The highest BCUT2D eigenvalue weighted by Gasteiger charge is 2.40. The number of carbonyl (C=O) groups excluding carboxylic acids is 1. The van der Waals surface area contributed by atoms with Crippen LogP contribution in [0.25, 0.3) is 0 Å². The van der Waals surface area contributed by atoms with Crippen molar-refractivity contribution in [3.63, 3.8) is 0 Å². The van der Waals surface area contributed by atoms with Gasteiger partial charge in [0.15, 0.2) is 8.32 Å². The summed E-state index contributed by atoms with van der Waals surface area (Å²) >= 11 is 0. The van der Waals surface area contributed by atoms with E-state index < -0.39 is 8.32 Å². The van der Waals surface area contributed by atoms with Gasteiger partial charge in [-0.25, -0.2) is 5.43 Å². The quantitative estimate of drug-likeness (QED) is 0.406. The molecule has 4 nitrogen and oxygen atoms in total. The lowest BCUT2D eigenvalue weighted by Gasteiger charge is -2.41. The Morgan fingerprint density at radius 3 is 2.24 bits per heavy atom. The Hall–Kier alpha value is -1.43. The molecule has 2 N–H and O–H groups in total. The van der Waals surface area contributed by atoms with E-state index in [4.69, 9.17) is 4.43 Å². The van der Waals surface area contributed by atoms with Gasteiger partial charge in [-0.1, -0.05) is 52.0 Å². The molecule has 0 bridgehead atoms. The van der Waals surface area contributed by atoms with Crippen LogP contribution in [0.2, 0.25) is 18.1 Å². The van der Waals surface area contributed by atoms with Gasteiger partial charge in [-0.3, -0.25) is 10.2 Å². The van der Waals surface area contributed by atoms with Gasteiger partial charge in [-0.2, -0.15) is 0 Å². The fourth-order valence-electron chi connectivity index (χ4n) is 2.35. The number of carbonyl (C=O) groups is 1. The van der Waals surface area contributed by atoms with Crippen LogP contribution in [0.5, 0.6) is 0 Å². The Balaban J connectivity index is 2.80. The first-order valence-corrected chi connectivity index (χ1v) is 11.8. The highest BCUT2D eigenvalue weighted by atomic mass is 28.4. The minimum absolute atomic E-state index is 0.0510. The first kappa shape index (κ1) is 21.6. The van der Waals surface area contributed by atoms with Crippen molar-refractivity contribution in [2.24, 2.45) is 5.92 Å². The summed E-state index contributed by atoms with van der Waals surface area (Å²) in [5.41, 5.74) is 6.61. The minimum Gasteiger partial charge on any atom is -0.413 e. The van der Waals surface area contributed by atoms with E-state index in [9.17, 15) is 4.79 Å². The molecule has 0 spiro atoms. The molecule has 0 radical (unpaired) electrons. The molecule has 0 aliphatic heterocycles. The number of rotatable bonds is 8. The standard InChI is InChI=1S/C20H34N2O2Si/c1-9-15(2)18(16(3)24-25(7,8)20(4,5)6)21-22-19(23)17-13-11-10-12-14-17/h9-16,18,21H,1H2,2-8H3,(H,22,23)/t15-,16+,18-/m0/s1. The normalized spacial score (nSPS) is 16.0. The molecule has 1 rings (SSSR count). The lowest BCUT2D eigenvalue weighted by molar-refractivity contribution is 0.0864. The largest absolute Gasteiger partial charge is 0.413 e. The molecule has 0 aliphatic carbocycles. The maximum absolute atomic E-state index is 12.3. The van der Waals surface area contributed by atoms with Crippen molar-refractivity contribution in [3.8, 4) is 0 Å². The maximum atomic E-state index is 12.3. The minimum atomic E-state index is -1.90. The summed E-state index contributed by atoms with van der Waals surface area (Å²) in [7, 11) is -1.90. The summed E-state index contributed by atoms with van der Waals surface area (Å²) in [6, 6.07) is 9.11. The van der Waals surface area contributed by atoms with E-state index in [2.05, 4.69) is 65.1 Å². The van der Waals surface area contributed by atoms with Crippen molar-refractivity contribution < 1.29 is 9.22 Å². The Kier molecular flexibility index (Phi) is 7.59. The fourth-order valence-corrected chi connectivity index (χ4v) is 3.78. The zero-order chi connectivity index (χ0) is 19.3. The third-order valence-electron chi connectivity index (χ3n) is 5.12. The highest BCUT2D eigenvalue weighted by Crippen LogP contribution is 2.37. The van der Waals surface area contributed by atoms with Crippen LogP contribution < -0.4 is 10.9 Å². The number of amides is 1. The predicted octanol–water partition coefficient (Wildman–Crippen LogP) is 4.52. The summed E-state index contributed by atoms with van der Waals surface area (Å²) in [4.78, 5) is 12.3. The van der Waals surface area contributed by atoms with Gasteiger partial charge in [-0.05, 0) is 43.1 Å². The van der Waals surface area contributed by atoms with Gasteiger partial charge in [0.05, 0.1) is 12.1 Å². The Bertz CT molecular complexity index is 567. The van der Waals surface area contributed by atoms with Gasteiger partial charge in [-0.15, -0.1) is 6.58 Å². The fraction of sp³-hybridized carbons (Fsp3) is 0.550. The first-order chi connectivity index (χ1) is 11.5. The maximum Gasteiger partial charge on any atom is 0.265 e. The third-order valence-corrected chi connectivity index (χ3v) is 9.69. The van der Waals surface area contributed by atoms with Crippen LogP contribution in [0.3, 0.4) is 0 Å². The highest BCUT2D eigenvalue weighted by molar-refractivity contribution is 6.74. The molecule has 1 aromatic carbocycles. The number of nitrogens with one attached hydrogen (secondary N) is 2. The van der Waals surface area contributed by atoms with Crippen molar-refractivity contribution >= 4 is 14.2 Å². The molecule has 0 unspecified atom stereocenters. The molecule has 0 heterocycles. The number of hydrogen-bond acceptors (Lipinski definition) is 3. The van der Waals surface area contributed by atoms with Crippen molar-refractivity contribution in [3.05, 3.63) is 48.6 Å². The van der Waals surface area contributed by atoms with Gasteiger partial charge in [0.25, 0.3) is 5.91 Å². The molecule has 0 fully saturated rings. The molecule has 0 aromatic heterocycles. The Labute approximate surface area is 154 Å². The second-order valence-electron chi connectivity index (χ2n) is 8.17. The van der Waals surface area contributed by atoms with Gasteiger partial charge in [0, 0.05) is 5.56 Å². The molecular weight excluding hydrogens is 328 g/mol. The lowest BCUT2D eigenvalue weighted by Crippen LogP contribution is -2.55. The van der Waals surface area contributed by atoms with Crippen LogP contribution in [0, 0.1) is 5.92 Å². The topological polar surface area (TPSA) is 50.4 Å². The molecule has 5 heteroatoms. The number of hydrogen-bond donors (Lipinski definition) is 2. The molecular formula is C20H34N2O2Si. The Morgan fingerprint density at radius 1 is 1.20 bits per heavy atom. The van der Waals surface area contributed by atoms with Crippen LogP contribution in [-0.4, -0.2) is 26.4 Å². The summed E-state index contributed by atoms with van der Waals surface area (Å²) in [5.74, 6) is -0.00256. The van der Waals surface area contributed by atoms with Crippen LogP contribution in [0.15, 0.2) is 43.0 Å². The third kappa shape index (κ3) is 6.10. The van der Waals surface area contributed by atoms with E-state index in [-0.39, 0.29) is 29.0 Å². The SMILES string of the molecule is C=C[C@H](C)[C@H](NNC(=O)c1ccccc1)[C@@H](C)O[Si](C)(C)C(C)(C)C. The van der Waals surface area contributed by atoms with E-state index in [0.29, 0.717) is 5.56 Å². The van der Waals surface area contributed by atoms with Crippen molar-refractivity contribution in [2.75, 3.05) is 0 Å². The van der Waals surface area contributed by atoms with E-state index >= 15 is 0 Å². The zero-order valence-corrected chi connectivity index (χ0v) is 17.7. The summed E-state index contributed by atoms with van der Waals surface area (Å²) < 4.78 is 6.50. The molecule has 1 amide bonds. The zero-order valence-electron chi connectivity index (χ0n) is 16.7. The second kappa shape index (κ2) is 8.78. The van der Waals surface area contributed by atoms with Crippen molar-refractivity contribution in [2.45, 2.75) is 64.9 Å². The van der Waals surface area contributed by atoms with Crippen LogP contribution in [0.1, 0.15) is 45.0 Å². The number of benzene rings is 1. The van der Waals surface area contributed by atoms with Crippen LogP contribution in [-0.2, 0) is 4.43 Å². The van der Waals surface area contributed by atoms with E-state index in [1.54, 1.807) is 12.1 Å². The smallest absolute Gasteiger partial charge is 0.265 e. The average Bonchev–Trinajstić information content (AvgIpc) is 2.53. The van der Waals surface area contributed by atoms with E-state index in [0.717, 1.165) is 0 Å². The molecule has 25 heavy (non-hydrogen) atoms. The molecule has 0 aliphatic rings. The summed E-state index contributed by atoms with van der Waals surface area (Å²) in [5, 5.41) is 0.135. The average molecular weight is 363 g/mol. The van der Waals surface area contributed by atoms with Crippen molar-refractivity contribution in [1.82, 2.24) is 10.9 Å². The van der Waals surface area contributed by atoms with Gasteiger partial charge in [0.2, 0.25) is 0 Å². The molecule has 0 saturated carbocycles. The first-order valence-electron chi connectivity index (χ1n) is 8.91. The van der Waals surface area contributed by atoms with Crippen LogP contribution in [0.4, 0.5) is 0 Å². The van der Waals surface area contributed by atoms with Gasteiger partial charge >= 0.3 is 0 Å². The number of hydrazine groups is 1. The monoisotopic (exact) mass is 362 g/mol. The van der Waals surface area contributed by atoms with Gasteiger partial charge in [0.1, 0.15) is 0 Å². The van der Waals surface area contributed by atoms with Crippen molar-refractivity contribution in [1.29, 1.82) is 0 Å². The molecule has 0 saturated heterocycles. The Morgan fingerprint density at radius 2 is 1.76 bits per heavy atom. The van der Waals surface area contributed by atoms with E-state index in [1.807, 2.05) is 24.3 Å². The molecule has 140 valence electrons. The van der Waals surface area contributed by atoms with Gasteiger partial charge < -0.3 is 4.43 Å². The lowest BCUT2D eigenvalue weighted by atomic mass is 9.98. The molecule has 1 aromatic rings. The predicted molar refractivity (Wildman–Crippen MR) is 108 cm³/mol.